The first-order chi connectivity index (χ1) is 7.68. The fourth-order valence-corrected chi connectivity index (χ4v) is 3.18. The first kappa shape index (κ1) is 11.9. The second kappa shape index (κ2) is 4.76. The number of ether oxygens (including phenoxy) is 1. The van der Waals surface area contributed by atoms with Gasteiger partial charge in [-0.2, -0.15) is 11.8 Å². The largest absolute Gasteiger partial charge is 0.381 e. The Kier molecular flexibility index (Phi) is 3.55. The number of benzene rings is 1. The lowest BCUT2D eigenvalue weighted by atomic mass is 9.89. The lowest BCUT2D eigenvalue weighted by Gasteiger charge is -2.36. The van der Waals surface area contributed by atoms with Gasteiger partial charge < -0.3 is 4.74 Å². The van der Waals surface area contributed by atoms with E-state index in [1.165, 1.54) is 5.56 Å². The number of aryl methyl sites for hydroxylation is 1. The van der Waals surface area contributed by atoms with Crippen molar-refractivity contribution in [1.29, 1.82) is 0 Å². The molecule has 0 atom stereocenters. The van der Waals surface area contributed by atoms with E-state index in [9.17, 15) is 4.39 Å². The molecule has 0 N–H and O–H groups in total. The van der Waals surface area contributed by atoms with E-state index in [0.29, 0.717) is 0 Å². The third-order valence-electron chi connectivity index (χ3n) is 3.38. The van der Waals surface area contributed by atoms with Crippen molar-refractivity contribution in [3.63, 3.8) is 0 Å². The van der Waals surface area contributed by atoms with E-state index >= 15 is 0 Å². The van der Waals surface area contributed by atoms with Crippen molar-refractivity contribution in [3.05, 3.63) is 35.1 Å². The van der Waals surface area contributed by atoms with E-state index in [-0.39, 0.29) is 10.6 Å². The Morgan fingerprint density at radius 2 is 2.00 bits per heavy atom. The van der Waals surface area contributed by atoms with Crippen molar-refractivity contribution < 1.29 is 9.13 Å². The van der Waals surface area contributed by atoms with Crippen LogP contribution in [0.2, 0.25) is 0 Å². The summed E-state index contributed by atoms with van der Waals surface area (Å²) in [5.41, 5.74) is 1.97. The van der Waals surface area contributed by atoms with Gasteiger partial charge in [-0.05, 0) is 43.2 Å². The minimum Gasteiger partial charge on any atom is -0.381 e. The second-order valence-corrected chi connectivity index (χ2v) is 5.46. The zero-order chi connectivity index (χ0) is 11.6. The molecule has 0 aromatic heterocycles. The fraction of sp³-hybridized carbons (Fsp3) is 0.538. The minimum atomic E-state index is -0.118. The molecule has 3 heteroatoms. The molecule has 88 valence electrons. The van der Waals surface area contributed by atoms with E-state index < -0.39 is 0 Å². The van der Waals surface area contributed by atoms with Crippen LogP contribution in [0.15, 0.2) is 18.2 Å². The highest BCUT2D eigenvalue weighted by Crippen LogP contribution is 2.43. The maximum atomic E-state index is 13.3. The standard InChI is InChI=1S/C13H17FOS/c1-10-9-11(3-4-12(10)14)13(16-2)5-7-15-8-6-13/h3-4,9H,5-8H2,1-2H3. The first-order valence-corrected chi connectivity index (χ1v) is 6.80. The van der Waals surface area contributed by atoms with E-state index in [2.05, 4.69) is 6.26 Å². The van der Waals surface area contributed by atoms with Crippen LogP contribution in [-0.2, 0) is 9.48 Å². The van der Waals surface area contributed by atoms with Gasteiger partial charge in [0, 0.05) is 18.0 Å². The summed E-state index contributed by atoms with van der Waals surface area (Å²) in [5, 5.41) is 0. The fourth-order valence-electron chi connectivity index (χ4n) is 2.24. The molecule has 2 rings (SSSR count). The monoisotopic (exact) mass is 240 g/mol. The van der Waals surface area contributed by atoms with Gasteiger partial charge in [-0.15, -0.1) is 0 Å². The first-order valence-electron chi connectivity index (χ1n) is 5.57. The highest BCUT2D eigenvalue weighted by molar-refractivity contribution is 7.99. The van der Waals surface area contributed by atoms with Crippen LogP contribution in [0.3, 0.4) is 0 Å². The number of halogens is 1. The van der Waals surface area contributed by atoms with Crippen LogP contribution in [0.4, 0.5) is 4.39 Å². The molecule has 1 heterocycles. The number of thioether (sulfide) groups is 1. The molecule has 1 saturated heterocycles. The SMILES string of the molecule is CSC1(c2ccc(F)c(C)c2)CCOCC1. The molecule has 1 nitrogen and oxygen atoms in total. The predicted octanol–water partition coefficient (Wildman–Crippen LogP) is 3.50. The summed E-state index contributed by atoms with van der Waals surface area (Å²) in [5.74, 6) is -0.118. The van der Waals surface area contributed by atoms with Gasteiger partial charge in [0.25, 0.3) is 0 Å². The van der Waals surface area contributed by atoms with Crippen molar-refractivity contribution in [2.45, 2.75) is 24.5 Å². The molecule has 0 saturated carbocycles. The zero-order valence-corrected chi connectivity index (χ0v) is 10.6. The van der Waals surface area contributed by atoms with Crippen molar-refractivity contribution >= 4 is 11.8 Å². The smallest absolute Gasteiger partial charge is 0.126 e. The molecule has 0 unspecified atom stereocenters. The molecule has 0 amide bonds. The van der Waals surface area contributed by atoms with E-state index in [4.69, 9.17) is 4.74 Å². The average molecular weight is 240 g/mol. The van der Waals surface area contributed by atoms with Crippen molar-refractivity contribution in [3.8, 4) is 0 Å². The number of hydrogen-bond acceptors (Lipinski definition) is 2. The maximum Gasteiger partial charge on any atom is 0.126 e. The van der Waals surface area contributed by atoms with Crippen LogP contribution in [-0.4, -0.2) is 19.5 Å². The third kappa shape index (κ3) is 2.11. The Bertz CT molecular complexity index is 372. The lowest BCUT2D eigenvalue weighted by Crippen LogP contribution is -2.30. The van der Waals surface area contributed by atoms with Crippen molar-refractivity contribution in [1.82, 2.24) is 0 Å². The Morgan fingerprint density at radius 3 is 2.56 bits per heavy atom. The summed E-state index contributed by atoms with van der Waals surface area (Å²) in [6.45, 7) is 3.43. The van der Waals surface area contributed by atoms with Crippen LogP contribution in [0, 0.1) is 12.7 Å². The van der Waals surface area contributed by atoms with Crippen LogP contribution >= 0.6 is 11.8 Å². The van der Waals surface area contributed by atoms with Crippen LogP contribution in [0.1, 0.15) is 24.0 Å². The summed E-state index contributed by atoms with van der Waals surface area (Å²) < 4.78 is 18.8. The molecule has 0 spiro atoms. The van der Waals surface area contributed by atoms with E-state index in [1.807, 2.05) is 30.8 Å². The van der Waals surface area contributed by atoms with Gasteiger partial charge in [0.2, 0.25) is 0 Å². The zero-order valence-electron chi connectivity index (χ0n) is 9.75. The molecule has 16 heavy (non-hydrogen) atoms. The molecule has 0 radical (unpaired) electrons. The molecule has 1 aliphatic rings. The van der Waals surface area contributed by atoms with Crippen LogP contribution in [0.25, 0.3) is 0 Å². The Labute approximate surface area is 100 Å². The summed E-state index contributed by atoms with van der Waals surface area (Å²) in [4.78, 5) is 0. The summed E-state index contributed by atoms with van der Waals surface area (Å²) in [6, 6.07) is 5.49. The van der Waals surface area contributed by atoms with E-state index in [0.717, 1.165) is 31.6 Å². The van der Waals surface area contributed by atoms with Gasteiger partial charge in [0.15, 0.2) is 0 Å². The van der Waals surface area contributed by atoms with Crippen LogP contribution < -0.4 is 0 Å². The summed E-state index contributed by atoms with van der Waals surface area (Å²) in [7, 11) is 0. The minimum absolute atomic E-state index is 0.118. The quantitative estimate of drug-likeness (QED) is 0.782. The highest BCUT2D eigenvalue weighted by Gasteiger charge is 2.33. The van der Waals surface area contributed by atoms with Gasteiger partial charge >= 0.3 is 0 Å². The topological polar surface area (TPSA) is 9.23 Å². The normalized spacial score (nSPS) is 19.7. The van der Waals surface area contributed by atoms with Crippen molar-refractivity contribution in [2.24, 2.45) is 0 Å². The Balaban J connectivity index is 2.35. The summed E-state index contributed by atoms with van der Waals surface area (Å²) >= 11 is 1.86. The Morgan fingerprint density at radius 1 is 1.31 bits per heavy atom. The molecule has 1 aliphatic heterocycles. The third-order valence-corrected chi connectivity index (χ3v) is 4.80. The van der Waals surface area contributed by atoms with Gasteiger partial charge in [0.1, 0.15) is 5.82 Å². The molecule has 1 fully saturated rings. The van der Waals surface area contributed by atoms with Crippen molar-refractivity contribution in [2.75, 3.05) is 19.5 Å². The van der Waals surface area contributed by atoms with Gasteiger partial charge in [-0.1, -0.05) is 12.1 Å². The molecule has 1 aromatic carbocycles. The Hall–Kier alpha value is -0.540. The van der Waals surface area contributed by atoms with E-state index in [1.54, 1.807) is 6.07 Å². The maximum absolute atomic E-state index is 13.3. The van der Waals surface area contributed by atoms with Gasteiger partial charge in [-0.3, -0.25) is 0 Å². The average Bonchev–Trinajstić information content (AvgIpc) is 2.33. The molecular weight excluding hydrogens is 223 g/mol. The van der Waals surface area contributed by atoms with Crippen LogP contribution in [0.5, 0.6) is 0 Å². The second-order valence-electron chi connectivity index (χ2n) is 4.27. The molecule has 0 aliphatic carbocycles. The highest BCUT2D eigenvalue weighted by atomic mass is 32.2. The van der Waals surface area contributed by atoms with Gasteiger partial charge in [0.05, 0.1) is 0 Å². The number of hydrogen-bond donors (Lipinski definition) is 0. The van der Waals surface area contributed by atoms with Gasteiger partial charge in [-0.25, -0.2) is 4.39 Å². The lowest BCUT2D eigenvalue weighted by molar-refractivity contribution is 0.0769. The number of rotatable bonds is 2. The predicted molar refractivity (Wildman–Crippen MR) is 66.4 cm³/mol. The molecule has 0 bridgehead atoms. The molecular formula is C13H17FOS. The molecule has 1 aromatic rings. The summed E-state index contributed by atoms with van der Waals surface area (Å²) in [6.07, 6.45) is 4.16.